The molecule has 4 nitrogen and oxygen atoms in total. The van der Waals surface area contributed by atoms with Crippen LogP contribution in [0.1, 0.15) is 23.2 Å². The Hall–Kier alpha value is -1.62. The van der Waals surface area contributed by atoms with Gasteiger partial charge in [-0.1, -0.05) is 0 Å². The second kappa shape index (κ2) is 5.35. The van der Waals surface area contributed by atoms with Crippen LogP contribution in [0.4, 0.5) is 10.1 Å². The molecule has 0 bridgehead atoms. The van der Waals surface area contributed by atoms with Crippen LogP contribution in [-0.2, 0) is 4.74 Å². The lowest BCUT2D eigenvalue weighted by atomic mass is 10.1. The SMILES string of the molecule is CN(CC1CCCO1)c1ccc(C(=O)O)cc1F. The number of ether oxygens (including phenoxy) is 1. The van der Waals surface area contributed by atoms with Gasteiger partial charge in [0.2, 0.25) is 0 Å². The van der Waals surface area contributed by atoms with Crippen LogP contribution in [-0.4, -0.2) is 37.4 Å². The number of hydrogen-bond acceptors (Lipinski definition) is 3. The predicted octanol–water partition coefficient (Wildman–Crippen LogP) is 2.14. The third-order valence-electron chi connectivity index (χ3n) is 3.11. The van der Waals surface area contributed by atoms with E-state index in [0.29, 0.717) is 12.2 Å². The highest BCUT2D eigenvalue weighted by Crippen LogP contribution is 2.22. The van der Waals surface area contributed by atoms with Crippen LogP contribution in [0.2, 0.25) is 0 Å². The van der Waals surface area contributed by atoms with Crippen LogP contribution in [0.15, 0.2) is 18.2 Å². The minimum Gasteiger partial charge on any atom is -0.478 e. The molecule has 1 atom stereocenters. The number of carboxylic acids is 1. The molecule has 0 aliphatic carbocycles. The highest BCUT2D eigenvalue weighted by Gasteiger charge is 2.19. The Morgan fingerprint density at radius 3 is 2.94 bits per heavy atom. The lowest BCUT2D eigenvalue weighted by molar-refractivity contribution is 0.0696. The van der Waals surface area contributed by atoms with Crippen molar-refractivity contribution in [2.24, 2.45) is 0 Å². The molecule has 0 aromatic heterocycles. The fourth-order valence-electron chi connectivity index (χ4n) is 2.14. The highest BCUT2D eigenvalue weighted by molar-refractivity contribution is 5.88. The van der Waals surface area contributed by atoms with E-state index >= 15 is 0 Å². The van der Waals surface area contributed by atoms with Crippen LogP contribution in [0.25, 0.3) is 0 Å². The van der Waals surface area contributed by atoms with Gasteiger partial charge in [0, 0.05) is 20.2 Å². The van der Waals surface area contributed by atoms with Crippen molar-refractivity contribution >= 4 is 11.7 Å². The maximum atomic E-state index is 13.8. The third-order valence-corrected chi connectivity index (χ3v) is 3.11. The number of carbonyl (C=O) groups is 1. The summed E-state index contributed by atoms with van der Waals surface area (Å²) >= 11 is 0. The molecule has 1 aromatic rings. The normalized spacial score (nSPS) is 18.9. The van der Waals surface area contributed by atoms with E-state index < -0.39 is 11.8 Å². The molecular weight excluding hydrogens is 237 g/mol. The maximum Gasteiger partial charge on any atom is 0.335 e. The second-order valence-electron chi connectivity index (χ2n) is 4.49. The first kappa shape index (κ1) is 12.8. The van der Waals surface area contributed by atoms with Crippen LogP contribution < -0.4 is 4.90 Å². The average Bonchev–Trinajstić information content (AvgIpc) is 2.81. The minimum atomic E-state index is -1.12. The molecule has 1 aromatic carbocycles. The van der Waals surface area contributed by atoms with E-state index in [2.05, 4.69) is 0 Å². The van der Waals surface area contributed by atoms with Crippen molar-refractivity contribution in [3.05, 3.63) is 29.6 Å². The largest absolute Gasteiger partial charge is 0.478 e. The van der Waals surface area contributed by atoms with Gasteiger partial charge in [-0.25, -0.2) is 9.18 Å². The molecule has 1 aliphatic heterocycles. The summed E-state index contributed by atoms with van der Waals surface area (Å²) < 4.78 is 19.3. The number of anilines is 1. The second-order valence-corrected chi connectivity index (χ2v) is 4.49. The fourth-order valence-corrected chi connectivity index (χ4v) is 2.14. The molecule has 0 saturated carbocycles. The van der Waals surface area contributed by atoms with Gasteiger partial charge < -0.3 is 14.7 Å². The van der Waals surface area contributed by atoms with Crippen molar-refractivity contribution in [3.8, 4) is 0 Å². The first-order valence-corrected chi connectivity index (χ1v) is 5.93. The van der Waals surface area contributed by atoms with Crippen molar-refractivity contribution in [2.45, 2.75) is 18.9 Å². The molecular formula is C13H16FNO3. The number of hydrogen-bond donors (Lipinski definition) is 1. The molecule has 98 valence electrons. The molecule has 0 amide bonds. The lowest BCUT2D eigenvalue weighted by Gasteiger charge is -2.23. The molecule has 1 aliphatic rings. The first-order chi connectivity index (χ1) is 8.58. The van der Waals surface area contributed by atoms with E-state index in [1.807, 2.05) is 0 Å². The molecule has 18 heavy (non-hydrogen) atoms. The van der Waals surface area contributed by atoms with Crippen LogP contribution in [0.3, 0.4) is 0 Å². The average molecular weight is 253 g/mol. The lowest BCUT2D eigenvalue weighted by Crippen LogP contribution is -2.29. The number of halogens is 1. The van der Waals surface area contributed by atoms with Gasteiger partial charge >= 0.3 is 5.97 Å². The Bertz CT molecular complexity index is 444. The van der Waals surface area contributed by atoms with Crippen LogP contribution in [0, 0.1) is 5.82 Å². The standard InChI is InChI=1S/C13H16FNO3/c1-15(8-10-3-2-6-18-10)12-5-4-9(13(16)17)7-11(12)14/h4-5,7,10H,2-3,6,8H2,1H3,(H,16,17). The third kappa shape index (κ3) is 2.79. The Morgan fingerprint density at radius 1 is 1.61 bits per heavy atom. The number of carboxylic acid groups (broad SMARTS) is 1. The summed E-state index contributed by atoms with van der Waals surface area (Å²) in [5.74, 6) is -1.64. The van der Waals surface area contributed by atoms with Crippen LogP contribution >= 0.6 is 0 Å². The zero-order chi connectivity index (χ0) is 13.1. The monoisotopic (exact) mass is 253 g/mol. The van der Waals surface area contributed by atoms with E-state index in [-0.39, 0.29) is 11.7 Å². The number of benzene rings is 1. The molecule has 1 unspecified atom stereocenters. The Balaban J connectivity index is 2.09. The summed E-state index contributed by atoms with van der Waals surface area (Å²) in [5.41, 5.74) is 0.359. The molecule has 1 fully saturated rings. The summed E-state index contributed by atoms with van der Waals surface area (Å²) in [5, 5.41) is 8.77. The van der Waals surface area contributed by atoms with Gasteiger partial charge in [0.25, 0.3) is 0 Å². The molecule has 0 spiro atoms. The Labute approximate surface area is 105 Å². The summed E-state index contributed by atoms with van der Waals surface area (Å²) in [6, 6.07) is 3.95. The van der Waals surface area contributed by atoms with Gasteiger partial charge in [0.1, 0.15) is 5.82 Å². The first-order valence-electron chi connectivity index (χ1n) is 5.93. The van der Waals surface area contributed by atoms with E-state index in [1.54, 1.807) is 11.9 Å². The molecule has 2 rings (SSSR count). The van der Waals surface area contributed by atoms with Gasteiger partial charge in [0.15, 0.2) is 0 Å². The number of rotatable bonds is 4. The van der Waals surface area contributed by atoms with Crippen molar-refractivity contribution in [3.63, 3.8) is 0 Å². The van der Waals surface area contributed by atoms with Gasteiger partial charge in [0.05, 0.1) is 17.4 Å². The van der Waals surface area contributed by atoms with Crippen molar-refractivity contribution in [1.29, 1.82) is 0 Å². The van der Waals surface area contributed by atoms with Crippen molar-refractivity contribution in [1.82, 2.24) is 0 Å². The van der Waals surface area contributed by atoms with Gasteiger partial charge in [-0.2, -0.15) is 0 Å². The Morgan fingerprint density at radius 2 is 2.39 bits per heavy atom. The van der Waals surface area contributed by atoms with Gasteiger partial charge in [-0.15, -0.1) is 0 Å². The van der Waals surface area contributed by atoms with E-state index in [1.165, 1.54) is 12.1 Å². The maximum absolute atomic E-state index is 13.8. The molecule has 1 saturated heterocycles. The molecule has 1 N–H and O–H groups in total. The summed E-state index contributed by atoms with van der Waals surface area (Å²) in [6.07, 6.45) is 2.16. The Kier molecular flexibility index (Phi) is 3.81. The summed E-state index contributed by atoms with van der Waals surface area (Å²) in [6.45, 7) is 1.38. The zero-order valence-corrected chi connectivity index (χ0v) is 10.2. The predicted molar refractivity (Wildman–Crippen MR) is 65.6 cm³/mol. The van der Waals surface area contributed by atoms with Gasteiger partial charge in [-0.05, 0) is 31.0 Å². The van der Waals surface area contributed by atoms with Crippen molar-refractivity contribution in [2.75, 3.05) is 25.1 Å². The molecule has 5 heteroatoms. The highest BCUT2D eigenvalue weighted by atomic mass is 19.1. The smallest absolute Gasteiger partial charge is 0.335 e. The van der Waals surface area contributed by atoms with E-state index in [4.69, 9.17) is 9.84 Å². The number of likely N-dealkylation sites (N-methyl/N-ethyl adjacent to an activating group) is 1. The van der Waals surface area contributed by atoms with Crippen molar-refractivity contribution < 1.29 is 19.0 Å². The molecule has 0 radical (unpaired) electrons. The number of aromatic carboxylic acids is 1. The van der Waals surface area contributed by atoms with Crippen LogP contribution in [0.5, 0.6) is 0 Å². The minimum absolute atomic E-state index is 0.0400. The molecule has 1 heterocycles. The van der Waals surface area contributed by atoms with E-state index in [9.17, 15) is 9.18 Å². The van der Waals surface area contributed by atoms with E-state index in [0.717, 1.165) is 25.5 Å². The number of nitrogens with zero attached hydrogens (tertiary/aromatic N) is 1. The topological polar surface area (TPSA) is 49.8 Å². The fraction of sp³-hybridized carbons (Fsp3) is 0.462. The summed E-state index contributed by atoms with van der Waals surface area (Å²) in [4.78, 5) is 12.5. The zero-order valence-electron chi connectivity index (χ0n) is 10.2. The quantitative estimate of drug-likeness (QED) is 0.893. The van der Waals surface area contributed by atoms with Gasteiger partial charge in [-0.3, -0.25) is 0 Å². The summed E-state index contributed by atoms with van der Waals surface area (Å²) in [7, 11) is 1.78.